The molecule has 0 aliphatic carbocycles. The van der Waals surface area contributed by atoms with E-state index in [1.807, 2.05) is 42.2 Å². The Bertz CT molecular complexity index is 1500. The van der Waals surface area contributed by atoms with Crippen molar-refractivity contribution in [1.29, 1.82) is 0 Å². The molecule has 1 aliphatic rings. The highest BCUT2D eigenvalue weighted by atomic mass is 32.2. The Morgan fingerprint density at radius 1 is 0.944 bits per heavy atom. The Balaban J connectivity index is 1.46. The second-order valence-electron chi connectivity index (χ2n) is 8.52. The number of fused-ring (bicyclic) bond motifs is 1. The molecule has 0 bridgehead atoms. The quantitative estimate of drug-likeness (QED) is 0.404. The van der Waals surface area contributed by atoms with Gasteiger partial charge in [0.05, 0.1) is 10.5 Å². The van der Waals surface area contributed by atoms with Gasteiger partial charge in [0.1, 0.15) is 12.1 Å². The highest BCUT2D eigenvalue weighted by molar-refractivity contribution is 7.89. The van der Waals surface area contributed by atoms with Gasteiger partial charge in [0.25, 0.3) is 5.78 Å². The number of aromatic nitrogens is 4. The van der Waals surface area contributed by atoms with E-state index in [2.05, 4.69) is 15.1 Å². The summed E-state index contributed by atoms with van der Waals surface area (Å²) in [6.45, 7) is 2.49. The second kappa shape index (κ2) is 9.17. The van der Waals surface area contributed by atoms with E-state index in [9.17, 15) is 21.6 Å². The Labute approximate surface area is 206 Å². The number of piperazine rings is 1. The molecule has 36 heavy (non-hydrogen) atoms. The van der Waals surface area contributed by atoms with Gasteiger partial charge in [-0.2, -0.15) is 32.1 Å². The zero-order valence-electron chi connectivity index (χ0n) is 19.4. The molecule has 12 heteroatoms. The number of benzene rings is 2. The SMILES string of the molecule is Cc1nc2ncnn2c(N2CCN(S(=O)(=O)c3ccccc3C(F)(F)F)CC2)c1Cc1ccccc1. The van der Waals surface area contributed by atoms with Crippen molar-refractivity contribution >= 4 is 21.6 Å². The van der Waals surface area contributed by atoms with Crippen LogP contribution in [0.4, 0.5) is 19.0 Å². The van der Waals surface area contributed by atoms with Crippen LogP contribution in [0.2, 0.25) is 0 Å². The third-order valence-electron chi connectivity index (χ3n) is 6.28. The molecule has 1 saturated heterocycles. The topological polar surface area (TPSA) is 83.7 Å². The van der Waals surface area contributed by atoms with Gasteiger partial charge in [-0.25, -0.2) is 13.4 Å². The molecule has 0 saturated carbocycles. The zero-order valence-corrected chi connectivity index (χ0v) is 20.2. The summed E-state index contributed by atoms with van der Waals surface area (Å²) in [5.41, 5.74) is 1.63. The normalized spacial score (nSPS) is 15.5. The fraction of sp³-hybridized carbons (Fsp3) is 0.292. The number of alkyl halides is 3. The molecule has 8 nitrogen and oxygen atoms in total. The number of halogens is 3. The van der Waals surface area contributed by atoms with Crippen molar-refractivity contribution in [2.75, 3.05) is 31.1 Å². The van der Waals surface area contributed by atoms with Crippen molar-refractivity contribution in [3.8, 4) is 0 Å². The molecule has 1 fully saturated rings. The van der Waals surface area contributed by atoms with Crippen LogP contribution in [0.5, 0.6) is 0 Å². The van der Waals surface area contributed by atoms with Crippen molar-refractivity contribution in [1.82, 2.24) is 23.9 Å². The van der Waals surface area contributed by atoms with E-state index < -0.39 is 26.7 Å². The molecule has 188 valence electrons. The molecule has 0 N–H and O–H groups in total. The lowest BCUT2D eigenvalue weighted by Gasteiger charge is -2.36. The summed E-state index contributed by atoms with van der Waals surface area (Å²) in [6.07, 6.45) is -2.78. The molecule has 2 aromatic carbocycles. The number of aryl methyl sites for hydroxylation is 1. The summed E-state index contributed by atoms with van der Waals surface area (Å²) in [5, 5.41) is 4.34. The van der Waals surface area contributed by atoms with Gasteiger partial charge < -0.3 is 4.90 Å². The summed E-state index contributed by atoms with van der Waals surface area (Å²) in [7, 11) is -4.34. The van der Waals surface area contributed by atoms with Gasteiger partial charge in [-0.05, 0) is 24.6 Å². The average molecular weight is 517 g/mol. The van der Waals surface area contributed by atoms with E-state index in [0.29, 0.717) is 12.2 Å². The van der Waals surface area contributed by atoms with Gasteiger partial charge in [0.2, 0.25) is 10.0 Å². The Morgan fingerprint density at radius 2 is 1.61 bits per heavy atom. The van der Waals surface area contributed by atoms with Gasteiger partial charge >= 0.3 is 6.18 Å². The zero-order chi connectivity index (χ0) is 25.5. The molecular formula is C24H23F3N6O2S. The van der Waals surface area contributed by atoms with Crippen LogP contribution < -0.4 is 4.90 Å². The first-order valence-corrected chi connectivity index (χ1v) is 12.7. The fourth-order valence-corrected chi connectivity index (χ4v) is 6.14. The lowest BCUT2D eigenvalue weighted by molar-refractivity contribution is -0.139. The van der Waals surface area contributed by atoms with E-state index in [-0.39, 0.29) is 26.2 Å². The van der Waals surface area contributed by atoms with Gasteiger partial charge in [-0.3, -0.25) is 0 Å². The molecule has 0 atom stereocenters. The highest BCUT2D eigenvalue weighted by Gasteiger charge is 2.39. The molecule has 1 aliphatic heterocycles. The second-order valence-corrected chi connectivity index (χ2v) is 10.4. The van der Waals surface area contributed by atoms with Crippen molar-refractivity contribution < 1.29 is 21.6 Å². The number of rotatable bonds is 5. The summed E-state index contributed by atoms with van der Waals surface area (Å²) in [6, 6.07) is 14.1. The monoisotopic (exact) mass is 516 g/mol. The first kappa shape index (κ1) is 24.2. The van der Waals surface area contributed by atoms with Gasteiger partial charge in [0, 0.05) is 43.9 Å². The Morgan fingerprint density at radius 3 is 2.31 bits per heavy atom. The minimum Gasteiger partial charge on any atom is -0.354 e. The molecular weight excluding hydrogens is 493 g/mol. The Hall–Kier alpha value is -3.51. The van der Waals surface area contributed by atoms with Crippen LogP contribution in [0.15, 0.2) is 65.8 Å². The standard InChI is InChI=1S/C24H23F3N6O2S/c1-17-19(15-18-7-3-2-4-8-18)22(33-23(30-17)28-16-29-33)31-11-13-32(14-12-31)36(34,35)21-10-6-5-9-20(21)24(25,26)27/h2-10,16H,11-15H2,1H3. The lowest BCUT2D eigenvalue weighted by atomic mass is 10.0. The van der Waals surface area contributed by atoms with Crippen LogP contribution in [-0.2, 0) is 22.6 Å². The molecule has 0 unspecified atom stereocenters. The van der Waals surface area contributed by atoms with E-state index in [4.69, 9.17) is 0 Å². The van der Waals surface area contributed by atoms with Crippen molar-refractivity contribution in [3.63, 3.8) is 0 Å². The van der Waals surface area contributed by atoms with Crippen LogP contribution in [0, 0.1) is 6.92 Å². The third-order valence-corrected chi connectivity index (χ3v) is 8.23. The summed E-state index contributed by atoms with van der Waals surface area (Å²) < 4.78 is 69.6. The number of anilines is 1. The number of sulfonamides is 1. The maximum atomic E-state index is 13.5. The van der Waals surface area contributed by atoms with Crippen LogP contribution in [0.1, 0.15) is 22.4 Å². The van der Waals surface area contributed by atoms with E-state index in [0.717, 1.165) is 39.1 Å². The lowest BCUT2D eigenvalue weighted by Crippen LogP contribution is -2.49. The number of nitrogens with zero attached hydrogens (tertiary/aromatic N) is 6. The largest absolute Gasteiger partial charge is 0.417 e. The molecule has 0 amide bonds. The number of hydrogen-bond donors (Lipinski definition) is 0. The Kier molecular flexibility index (Phi) is 6.17. The van der Waals surface area contributed by atoms with Gasteiger partial charge in [-0.1, -0.05) is 42.5 Å². The minimum absolute atomic E-state index is 0.0247. The van der Waals surface area contributed by atoms with Crippen LogP contribution in [0.3, 0.4) is 0 Å². The third kappa shape index (κ3) is 4.42. The van der Waals surface area contributed by atoms with Crippen molar-refractivity contribution in [2.45, 2.75) is 24.4 Å². The predicted molar refractivity (Wildman–Crippen MR) is 127 cm³/mol. The molecule has 5 rings (SSSR count). The van der Waals surface area contributed by atoms with Crippen molar-refractivity contribution in [3.05, 3.63) is 83.3 Å². The first-order valence-electron chi connectivity index (χ1n) is 11.3. The average Bonchev–Trinajstić information content (AvgIpc) is 3.32. The first-order chi connectivity index (χ1) is 17.2. The van der Waals surface area contributed by atoms with Gasteiger partial charge in [0.15, 0.2) is 0 Å². The van der Waals surface area contributed by atoms with E-state index in [1.165, 1.54) is 18.5 Å². The fourth-order valence-electron chi connectivity index (χ4n) is 4.51. The summed E-state index contributed by atoms with van der Waals surface area (Å²) in [4.78, 5) is 10.0. The van der Waals surface area contributed by atoms with Crippen LogP contribution >= 0.6 is 0 Å². The van der Waals surface area contributed by atoms with E-state index >= 15 is 0 Å². The number of hydrogen-bond acceptors (Lipinski definition) is 6. The van der Waals surface area contributed by atoms with Crippen LogP contribution in [0.25, 0.3) is 5.78 Å². The summed E-state index contributed by atoms with van der Waals surface area (Å²) >= 11 is 0. The van der Waals surface area contributed by atoms with Crippen molar-refractivity contribution in [2.24, 2.45) is 0 Å². The summed E-state index contributed by atoms with van der Waals surface area (Å²) in [5.74, 6) is 1.18. The molecule has 4 aromatic rings. The van der Waals surface area contributed by atoms with Gasteiger partial charge in [-0.15, -0.1) is 0 Å². The molecule has 0 radical (unpaired) electrons. The maximum absolute atomic E-state index is 13.5. The molecule has 2 aromatic heterocycles. The minimum atomic E-state index is -4.77. The maximum Gasteiger partial charge on any atom is 0.417 e. The highest BCUT2D eigenvalue weighted by Crippen LogP contribution is 2.36. The molecule has 3 heterocycles. The van der Waals surface area contributed by atoms with E-state index in [1.54, 1.807) is 4.52 Å². The molecule has 0 spiro atoms. The smallest absolute Gasteiger partial charge is 0.354 e. The van der Waals surface area contributed by atoms with Crippen LogP contribution in [-0.4, -0.2) is 58.5 Å². The predicted octanol–water partition coefficient (Wildman–Crippen LogP) is 3.55.